The highest BCUT2D eigenvalue weighted by Crippen LogP contribution is 2.45. The van der Waals surface area contributed by atoms with Crippen molar-refractivity contribution >= 4 is 0 Å². The van der Waals surface area contributed by atoms with Crippen molar-refractivity contribution in [3.8, 4) is 11.5 Å². The molecule has 2 aromatic rings. The van der Waals surface area contributed by atoms with Crippen LogP contribution in [-0.2, 0) is 0 Å². The highest BCUT2D eigenvalue weighted by molar-refractivity contribution is 5.45. The Morgan fingerprint density at radius 3 is 2.14 bits per heavy atom. The fraction of sp³-hybridized carbons (Fsp3) is 0.222. The molecule has 0 bridgehead atoms. The highest BCUT2D eigenvalue weighted by Gasteiger charge is 2.29. The summed E-state index contributed by atoms with van der Waals surface area (Å²) < 4.78 is 27.1. The molecule has 1 aliphatic carbocycles. The van der Waals surface area contributed by atoms with Gasteiger partial charge in [0.15, 0.2) is 0 Å². The van der Waals surface area contributed by atoms with Crippen molar-refractivity contribution in [2.45, 2.75) is 24.7 Å². The number of hydrogen-bond acceptors (Lipinski definition) is 2. The van der Waals surface area contributed by atoms with Crippen molar-refractivity contribution in [1.82, 2.24) is 0 Å². The molecule has 0 heterocycles. The van der Waals surface area contributed by atoms with Crippen molar-refractivity contribution in [3.63, 3.8) is 0 Å². The van der Waals surface area contributed by atoms with Gasteiger partial charge in [-0.25, -0.2) is 8.78 Å². The van der Waals surface area contributed by atoms with E-state index in [2.05, 4.69) is 0 Å². The fourth-order valence-electron chi connectivity index (χ4n) is 3.12. The molecular weight excluding hydrogens is 286 g/mol. The maximum absolute atomic E-state index is 13.5. The first-order valence-corrected chi connectivity index (χ1v) is 7.20. The van der Waals surface area contributed by atoms with Gasteiger partial charge in [-0.05, 0) is 55.2 Å². The Labute approximate surface area is 127 Å². The molecule has 0 aromatic heterocycles. The number of halogens is 2. The molecule has 3 rings (SSSR count). The largest absolute Gasteiger partial charge is 0.508 e. The van der Waals surface area contributed by atoms with Crippen LogP contribution in [0.5, 0.6) is 11.5 Å². The summed E-state index contributed by atoms with van der Waals surface area (Å²) in [5, 5.41) is 20.1. The second-order valence-corrected chi connectivity index (χ2v) is 5.54. The van der Waals surface area contributed by atoms with E-state index < -0.39 is 11.6 Å². The average Bonchev–Trinajstić information content (AvgIpc) is 2.52. The van der Waals surface area contributed by atoms with E-state index in [0.29, 0.717) is 17.5 Å². The van der Waals surface area contributed by atoms with E-state index in [-0.39, 0.29) is 23.3 Å². The predicted molar refractivity (Wildman–Crippen MR) is 80.0 cm³/mol. The minimum atomic E-state index is -0.436. The molecule has 22 heavy (non-hydrogen) atoms. The molecule has 2 atom stereocenters. The smallest absolute Gasteiger partial charge is 0.123 e. The summed E-state index contributed by atoms with van der Waals surface area (Å²) in [6.45, 7) is 0. The fourth-order valence-corrected chi connectivity index (χ4v) is 3.12. The lowest BCUT2D eigenvalue weighted by atomic mass is 9.75. The zero-order valence-corrected chi connectivity index (χ0v) is 11.8. The van der Waals surface area contributed by atoms with E-state index in [1.54, 1.807) is 0 Å². The molecule has 0 amide bonds. The molecule has 0 unspecified atom stereocenters. The molecule has 2 aromatic carbocycles. The van der Waals surface area contributed by atoms with Crippen LogP contribution in [0.4, 0.5) is 8.78 Å². The molecule has 114 valence electrons. The van der Waals surface area contributed by atoms with E-state index in [9.17, 15) is 19.0 Å². The van der Waals surface area contributed by atoms with Gasteiger partial charge in [-0.2, -0.15) is 0 Å². The van der Waals surface area contributed by atoms with Crippen LogP contribution in [0.25, 0.3) is 0 Å². The van der Waals surface area contributed by atoms with Crippen LogP contribution < -0.4 is 0 Å². The Morgan fingerprint density at radius 2 is 1.45 bits per heavy atom. The average molecular weight is 302 g/mol. The first kappa shape index (κ1) is 14.6. The summed E-state index contributed by atoms with van der Waals surface area (Å²) >= 11 is 0. The predicted octanol–water partition coefficient (Wildman–Crippen LogP) is 4.59. The molecule has 0 saturated carbocycles. The van der Waals surface area contributed by atoms with E-state index >= 15 is 0 Å². The molecule has 0 fully saturated rings. The molecule has 4 heteroatoms. The summed E-state index contributed by atoms with van der Waals surface area (Å²) in [7, 11) is 0. The zero-order valence-electron chi connectivity index (χ0n) is 11.8. The van der Waals surface area contributed by atoms with E-state index in [1.807, 2.05) is 12.2 Å². The van der Waals surface area contributed by atoms with Gasteiger partial charge in [-0.3, -0.25) is 0 Å². The summed E-state index contributed by atoms with van der Waals surface area (Å²) in [4.78, 5) is 0. The second kappa shape index (κ2) is 5.79. The van der Waals surface area contributed by atoms with E-state index in [1.165, 1.54) is 36.4 Å². The third-order valence-corrected chi connectivity index (χ3v) is 4.16. The Bertz CT molecular complexity index is 725. The Morgan fingerprint density at radius 1 is 0.864 bits per heavy atom. The van der Waals surface area contributed by atoms with Crippen LogP contribution in [-0.4, -0.2) is 10.2 Å². The number of aromatic hydroxyl groups is 2. The zero-order chi connectivity index (χ0) is 15.7. The van der Waals surface area contributed by atoms with Crippen LogP contribution in [0.3, 0.4) is 0 Å². The maximum Gasteiger partial charge on any atom is 0.123 e. The van der Waals surface area contributed by atoms with Gasteiger partial charge in [-0.15, -0.1) is 0 Å². The van der Waals surface area contributed by atoms with Crippen LogP contribution in [0, 0.1) is 11.6 Å². The van der Waals surface area contributed by atoms with Gasteiger partial charge in [0.25, 0.3) is 0 Å². The van der Waals surface area contributed by atoms with Crippen molar-refractivity contribution in [2.75, 3.05) is 0 Å². The molecular formula is C18H16F2O2. The summed E-state index contributed by atoms with van der Waals surface area (Å²) in [5.74, 6) is -1.37. The topological polar surface area (TPSA) is 40.5 Å². The standard InChI is InChI=1S/C18H16F2O2/c19-11-5-7-17(21)15(9-11)13-3-1-2-4-14(13)16-10-12(20)6-8-18(16)22/h1,3,5-10,13-14,21-22H,2,4H2/t13-,14-/m1/s1. The van der Waals surface area contributed by atoms with Crippen molar-refractivity contribution < 1.29 is 19.0 Å². The van der Waals surface area contributed by atoms with Crippen molar-refractivity contribution in [1.29, 1.82) is 0 Å². The number of benzene rings is 2. The first-order chi connectivity index (χ1) is 10.6. The Hall–Kier alpha value is -2.36. The first-order valence-electron chi connectivity index (χ1n) is 7.20. The van der Waals surface area contributed by atoms with Crippen LogP contribution in [0.2, 0.25) is 0 Å². The van der Waals surface area contributed by atoms with Gasteiger partial charge >= 0.3 is 0 Å². The molecule has 0 aliphatic heterocycles. The van der Waals surface area contributed by atoms with Gasteiger partial charge in [0.05, 0.1) is 0 Å². The van der Waals surface area contributed by atoms with Crippen LogP contribution in [0.1, 0.15) is 35.8 Å². The summed E-state index contributed by atoms with van der Waals surface area (Å²) in [5.41, 5.74) is 0.933. The molecule has 0 radical (unpaired) electrons. The molecule has 1 aliphatic rings. The summed E-state index contributed by atoms with van der Waals surface area (Å²) in [6, 6.07) is 7.63. The van der Waals surface area contributed by atoms with Gasteiger partial charge in [0.1, 0.15) is 23.1 Å². The lowest BCUT2D eigenvalue weighted by Crippen LogP contribution is -2.13. The summed E-state index contributed by atoms with van der Waals surface area (Å²) in [6.07, 6.45) is 5.32. The van der Waals surface area contributed by atoms with Gasteiger partial charge < -0.3 is 10.2 Å². The van der Waals surface area contributed by atoms with Crippen molar-refractivity contribution in [3.05, 3.63) is 71.3 Å². The molecule has 0 spiro atoms. The van der Waals surface area contributed by atoms with Crippen LogP contribution >= 0.6 is 0 Å². The second-order valence-electron chi connectivity index (χ2n) is 5.54. The highest BCUT2D eigenvalue weighted by atomic mass is 19.1. The third kappa shape index (κ3) is 2.69. The van der Waals surface area contributed by atoms with Gasteiger partial charge in [0, 0.05) is 17.0 Å². The number of hydrogen-bond donors (Lipinski definition) is 2. The van der Waals surface area contributed by atoms with Gasteiger partial charge in [0.2, 0.25) is 0 Å². The Kier molecular flexibility index (Phi) is 3.84. The molecule has 2 N–H and O–H groups in total. The van der Waals surface area contributed by atoms with Gasteiger partial charge in [-0.1, -0.05) is 12.2 Å². The lowest BCUT2D eigenvalue weighted by Gasteiger charge is -2.29. The maximum atomic E-state index is 13.5. The number of phenolic OH excluding ortho intramolecular Hbond substituents is 2. The lowest BCUT2D eigenvalue weighted by molar-refractivity contribution is 0.432. The monoisotopic (exact) mass is 302 g/mol. The van der Waals surface area contributed by atoms with Crippen molar-refractivity contribution in [2.24, 2.45) is 0 Å². The van der Waals surface area contributed by atoms with E-state index in [4.69, 9.17) is 0 Å². The minimum absolute atomic E-state index is 0.00107. The Balaban J connectivity index is 2.08. The molecule has 0 saturated heterocycles. The van der Waals surface area contributed by atoms with E-state index in [0.717, 1.165) is 6.42 Å². The van der Waals surface area contributed by atoms with Crippen LogP contribution in [0.15, 0.2) is 48.6 Å². The minimum Gasteiger partial charge on any atom is -0.508 e. The number of rotatable bonds is 2. The number of allylic oxidation sites excluding steroid dienone is 2. The third-order valence-electron chi connectivity index (χ3n) is 4.16. The number of phenols is 2. The normalized spacial score (nSPS) is 21.0. The quantitative estimate of drug-likeness (QED) is 0.796. The SMILES string of the molecule is Oc1ccc(F)cc1[C@@H]1C=CCC[C@H]1c1cc(F)ccc1O. The molecule has 2 nitrogen and oxygen atoms in total.